The molecule has 12 nitrogen and oxygen atoms in total. The number of hydrogen-bond donors (Lipinski definition) is 7. The maximum Gasteiger partial charge on any atom is 0.217 e. The fraction of sp³-hybridized carbons (Fsp3) is 0.667. The molecule has 0 bridgehead atoms. The van der Waals surface area contributed by atoms with Crippen LogP contribution in [0.15, 0.2) is 30.3 Å². The lowest BCUT2D eigenvalue weighted by atomic mass is 9.95. The predicted molar refractivity (Wildman–Crippen MR) is 109 cm³/mol. The van der Waals surface area contributed by atoms with Crippen molar-refractivity contribution in [2.24, 2.45) is 0 Å². The maximum absolute atomic E-state index is 11.6. The van der Waals surface area contributed by atoms with Gasteiger partial charge in [-0.25, -0.2) is 0 Å². The minimum Gasteiger partial charge on any atom is -0.394 e. The molecule has 2 heterocycles. The Balaban J connectivity index is 1.82. The van der Waals surface area contributed by atoms with Crippen molar-refractivity contribution in [2.45, 2.75) is 74.9 Å². The third-order valence-corrected chi connectivity index (χ3v) is 5.62. The molecular formula is C21H31NO11. The van der Waals surface area contributed by atoms with Gasteiger partial charge in [0.1, 0.15) is 48.8 Å². The van der Waals surface area contributed by atoms with Crippen LogP contribution in [0.3, 0.4) is 0 Å². The van der Waals surface area contributed by atoms with Gasteiger partial charge in [-0.3, -0.25) is 4.79 Å². The number of rotatable bonds is 8. The van der Waals surface area contributed by atoms with E-state index in [-0.39, 0.29) is 6.61 Å². The Kier molecular flexibility index (Phi) is 9.12. The Bertz CT molecular complexity index is 753. The predicted octanol–water partition coefficient (Wildman–Crippen LogP) is -3.03. The Morgan fingerprint density at radius 2 is 1.48 bits per heavy atom. The van der Waals surface area contributed by atoms with Crippen LogP contribution in [0.25, 0.3) is 0 Å². The SMILES string of the molecule is CC(=O)N[C@H]1[C@@H](O[C@H]2[C@H](OCc3ccccc3)O[C@H](CO)[C@H](O)[C@@H]2O)O[C@H](CO)[C@@H](O)[C@@H]1O. The zero-order chi connectivity index (χ0) is 24.1. The van der Waals surface area contributed by atoms with Crippen LogP contribution in [-0.2, 0) is 30.3 Å². The Morgan fingerprint density at radius 1 is 0.909 bits per heavy atom. The first-order valence-electron chi connectivity index (χ1n) is 10.6. The highest BCUT2D eigenvalue weighted by Gasteiger charge is 2.51. The van der Waals surface area contributed by atoms with Crippen molar-refractivity contribution in [3.63, 3.8) is 0 Å². The molecule has 0 unspecified atom stereocenters. The summed E-state index contributed by atoms with van der Waals surface area (Å²) < 4.78 is 22.7. The van der Waals surface area contributed by atoms with Crippen molar-refractivity contribution in [3.05, 3.63) is 35.9 Å². The summed E-state index contributed by atoms with van der Waals surface area (Å²) in [4.78, 5) is 11.6. The van der Waals surface area contributed by atoms with Crippen molar-refractivity contribution >= 4 is 5.91 Å². The molecule has 12 heteroatoms. The average molecular weight is 473 g/mol. The van der Waals surface area contributed by atoms with Crippen LogP contribution in [-0.4, -0.2) is 111 Å². The van der Waals surface area contributed by atoms with E-state index in [9.17, 15) is 35.4 Å². The number of carbonyl (C=O) groups is 1. The number of aliphatic hydroxyl groups is 6. The molecule has 0 aromatic heterocycles. The third kappa shape index (κ3) is 6.05. The quantitative estimate of drug-likeness (QED) is 0.203. The van der Waals surface area contributed by atoms with Gasteiger partial charge >= 0.3 is 0 Å². The minimum absolute atomic E-state index is 0.0492. The lowest BCUT2D eigenvalue weighted by Crippen LogP contribution is -2.67. The van der Waals surface area contributed by atoms with E-state index in [2.05, 4.69) is 5.32 Å². The Morgan fingerprint density at radius 3 is 2.06 bits per heavy atom. The minimum atomic E-state index is -1.60. The second kappa shape index (κ2) is 11.6. The molecule has 2 fully saturated rings. The summed E-state index contributed by atoms with van der Waals surface area (Å²) in [7, 11) is 0. The smallest absolute Gasteiger partial charge is 0.217 e. The van der Waals surface area contributed by atoms with Crippen LogP contribution in [0.5, 0.6) is 0 Å². The van der Waals surface area contributed by atoms with Gasteiger partial charge in [0, 0.05) is 6.92 Å². The first-order chi connectivity index (χ1) is 15.8. The molecule has 0 saturated carbocycles. The van der Waals surface area contributed by atoms with E-state index in [1.54, 1.807) is 24.3 Å². The van der Waals surface area contributed by atoms with Crippen molar-refractivity contribution in [3.8, 4) is 0 Å². The van der Waals surface area contributed by atoms with Gasteiger partial charge in [-0.05, 0) is 5.56 Å². The highest BCUT2D eigenvalue weighted by molar-refractivity contribution is 5.73. The van der Waals surface area contributed by atoms with E-state index in [4.69, 9.17) is 18.9 Å². The molecule has 3 rings (SSSR count). The van der Waals surface area contributed by atoms with Crippen LogP contribution in [0.1, 0.15) is 12.5 Å². The summed E-state index contributed by atoms with van der Waals surface area (Å²) in [6.07, 6.45) is -12.7. The fourth-order valence-electron chi connectivity index (χ4n) is 3.83. The number of carbonyl (C=O) groups excluding carboxylic acids is 1. The van der Waals surface area contributed by atoms with E-state index in [1.807, 2.05) is 6.07 Å². The van der Waals surface area contributed by atoms with E-state index in [1.165, 1.54) is 6.92 Å². The molecule has 1 aromatic carbocycles. The van der Waals surface area contributed by atoms with Crippen molar-refractivity contribution in [1.29, 1.82) is 0 Å². The number of aliphatic hydroxyl groups excluding tert-OH is 6. The first kappa shape index (κ1) is 25.9. The fourth-order valence-corrected chi connectivity index (χ4v) is 3.83. The second-order valence-electron chi connectivity index (χ2n) is 8.04. The van der Waals surface area contributed by atoms with Gasteiger partial charge in [-0.1, -0.05) is 30.3 Å². The number of ether oxygens (including phenoxy) is 4. The summed E-state index contributed by atoms with van der Waals surface area (Å²) in [5.41, 5.74) is 0.782. The van der Waals surface area contributed by atoms with E-state index in [0.29, 0.717) is 0 Å². The van der Waals surface area contributed by atoms with Crippen LogP contribution in [0.2, 0.25) is 0 Å². The standard InChI is InChI=1S/C21H31NO11/c1-10(25)22-14-17(28)15(26)12(7-23)31-20(14)33-19-18(29)16(27)13(8-24)32-21(19)30-9-11-5-3-2-4-6-11/h2-6,12-21,23-24,26-29H,7-9H2,1H3,(H,22,25)/t12-,13-,14-,15-,16+,17-,18+,19-,20-,21-/m1/s1. The monoisotopic (exact) mass is 473 g/mol. The summed E-state index contributed by atoms with van der Waals surface area (Å²) in [5.74, 6) is -0.552. The lowest BCUT2D eigenvalue weighted by molar-refractivity contribution is -0.356. The molecule has 7 N–H and O–H groups in total. The van der Waals surface area contributed by atoms with Crippen LogP contribution < -0.4 is 5.32 Å². The normalized spacial score (nSPS) is 39.2. The molecule has 1 aromatic rings. The van der Waals surface area contributed by atoms with Crippen molar-refractivity contribution in [1.82, 2.24) is 5.32 Å². The molecule has 0 spiro atoms. The van der Waals surface area contributed by atoms with Crippen molar-refractivity contribution in [2.75, 3.05) is 13.2 Å². The molecule has 2 aliphatic rings. The number of nitrogens with one attached hydrogen (secondary N) is 1. The molecule has 2 aliphatic heterocycles. The Labute approximate surface area is 190 Å². The van der Waals surface area contributed by atoms with Gasteiger partial charge in [0.25, 0.3) is 0 Å². The van der Waals surface area contributed by atoms with Gasteiger partial charge in [0.15, 0.2) is 12.6 Å². The van der Waals surface area contributed by atoms with Gasteiger partial charge in [-0.15, -0.1) is 0 Å². The first-order valence-corrected chi connectivity index (χ1v) is 10.6. The van der Waals surface area contributed by atoms with Crippen LogP contribution >= 0.6 is 0 Å². The van der Waals surface area contributed by atoms with Gasteiger partial charge in [0.05, 0.1) is 19.8 Å². The Hall–Kier alpha value is -1.71. The largest absolute Gasteiger partial charge is 0.394 e. The molecule has 33 heavy (non-hydrogen) atoms. The molecular weight excluding hydrogens is 442 g/mol. The molecule has 186 valence electrons. The number of benzene rings is 1. The van der Waals surface area contributed by atoms with Crippen LogP contribution in [0, 0.1) is 0 Å². The zero-order valence-corrected chi connectivity index (χ0v) is 18.0. The van der Waals surface area contributed by atoms with Gasteiger partial charge in [-0.2, -0.15) is 0 Å². The summed E-state index contributed by atoms with van der Waals surface area (Å²) in [6.45, 7) is -0.0123. The van der Waals surface area contributed by atoms with Gasteiger partial charge in [0.2, 0.25) is 5.91 Å². The summed E-state index contributed by atoms with van der Waals surface area (Å²) >= 11 is 0. The number of amides is 1. The maximum atomic E-state index is 11.6. The molecule has 10 atom stereocenters. The number of hydrogen-bond acceptors (Lipinski definition) is 11. The molecule has 1 amide bonds. The topological polar surface area (TPSA) is 187 Å². The molecule has 2 saturated heterocycles. The van der Waals surface area contributed by atoms with E-state index >= 15 is 0 Å². The average Bonchev–Trinajstić information content (AvgIpc) is 2.81. The summed E-state index contributed by atoms with van der Waals surface area (Å²) in [5, 5.41) is 63.1. The lowest BCUT2D eigenvalue weighted by Gasteiger charge is -2.47. The van der Waals surface area contributed by atoms with Crippen LogP contribution in [0.4, 0.5) is 0 Å². The molecule has 0 aliphatic carbocycles. The van der Waals surface area contributed by atoms with Crippen molar-refractivity contribution < 1.29 is 54.4 Å². The highest BCUT2D eigenvalue weighted by Crippen LogP contribution is 2.30. The van der Waals surface area contributed by atoms with E-state index < -0.39 is 80.5 Å². The zero-order valence-electron chi connectivity index (χ0n) is 18.0. The third-order valence-electron chi connectivity index (χ3n) is 5.62. The molecule has 0 radical (unpaired) electrons. The summed E-state index contributed by atoms with van der Waals surface area (Å²) in [6, 6.07) is 7.77. The second-order valence-corrected chi connectivity index (χ2v) is 8.04. The van der Waals surface area contributed by atoms with Gasteiger partial charge < -0.3 is 54.9 Å². The highest BCUT2D eigenvalue weighted by atomic mass is 16.7. The van der Waals surface area contributed by atoms with E-state index in [0.717, 1.165) is 5.56 Å².